The van der Waals surface area contributed by atoms with Crippen molar-refractivity contribution in [1.29, 1.82) is 0 Å². The van der Waals surface area contributed by atoms with E-state index < -0.39 is 6.04 Å². The smallest absolute Gasteiger partial charge is 0.318 e. The lowest BCUT2D eigenvalue weighted by molar-refractivity contribution is 0.0930. The average molecular weight is 419 g/mol. The van der Waals surface area contributed by atoms with Crippen LogP contribution >= 0.6 is 0 Å². The van der Waals surface area contributed by atoms with Crippen LogP contribution in [-0.4, -0.2) is 29.2 Å². The van der Waals surface area contributed by atoms with E-state index in [1.807, 2.05) is 62.4 Å². The van der Waals surface area contributed by atoms with Gasteiger partial charge in [-0.1, -0.05) is 54.3 Å². The molecule has 3 aromatic rings. The van der Waals surface area contributed by atoms with Gasteiger partial charge in [0.15, 0.2) is 0 Å². The standard InChI is InChI=1S/C25H30N4O2/c1-18-12-13-21(16-19(18)2)23(30)26-22(17-20-10-6-5-7-11-20)24-27-28-25(31-24)29-14-8-3-4-9-15-29/h5-7,10-13,16,22H,3-4,8-9,14-15,17H2,1-2H3,(H,26,30)/t22-/m0/s1. The summed E-state index contributed by atoms with van der Waals surface area (Å²) in [6, 6.07) is 16.0. The first-order chi connectivity index (χ1) is 15.1. The summed E-state index contributed by atoms with van der Waals surface area (Å²) in [5.41, 5.74) is 3.99. The summed E-state index contributed by atoms with van der Waals surface area (Å²) < 4.78 is 6.08. The number of nitrogens with one attached hydrogen (secondary N) is 1. The fraction of sp³-hybridized carbons (Fsp3) is 0.400. The van der Waals surface area contributed by atoms with Crippen LogP contribution in [0.15, 0.2) is 52.9 Å². The zero-order valence-corrected chi connectivity index (χ0v) is 18.3. The number of hydrogen-bond donors (Lipinski definition) is 1. The lowest BCUT2D eigenvalue weighted by Crippen LogP contribution is -2.30. The highest BCUT2D eigenvalue weighted by atomic mass is 16.4. The predicted molar refractivity (Wildman–Crippen MR) is 121 cm³/mol. The van der Waals surface area contributed by atoms with E-state index in [-0.39, 0.29) is 5.91 Å². The SMILES string of the molecule is Cc1ccc(C(=O)N[C@@H](Cc2ccccc2)c2nnc(N3CCCCCC3)o2)cc1C. The maximum absolute atomic E-state index is 13.0. The van der Waals surface area contributed by atoms with E-state index in [9.17, 15) is 4.79 Å². The van der Waals surface area contributed by atoms with Crippen molar-refractivity contribution in [3.63, 3.8) is 0 Å². The topological polar surface area (TPSA) is 71.3 Å². The average Bonchev–Trinajstić information content (AvgIpc) is 3.11. The number of amides is 1. The van der Waals surface area contributed by atoms with Crippen molar-refractivity contribution < 1.29 is 9.21 Å². The van der Waals surface area contributed by atoms with Crippen LogP contribution < -0.4 is 10.2 Å². The molecule has 0 saturated carbocycles. The molecular formula is C25H30N4O2. The molecule has 1 fully saturated rings. The number of hydrogen-bond acceptors (Lipinski definition) is 5. The van der Waals surface area contributed by atoms with Crippen LogP contribution in [0.25, 0.3) is 0 Å². The van der Waals surface area contributed by atoms with Crippen LogP contribution in [-0.2, 0) is 6.42 Å². The summed E-state index contributed by atoms with van der Waals surface area (Å²) in [7, 11) is 0. The maximum Gasteiger partial charge on any atom is 0.318 e. The summed E-state index contributed by atoms with van der Waals surface area (Å²) >= 11 is 0. The van der Waals surface area contributed by atoms with E-state index >= 15 is 0 Å². The van der Waals surface area contributed by atoms with Crippen LogP contribution in [0.3, 0.4) is 0 Å². The van der Waals surface area contributed by atoms with Crippen LogP contribution in [0.5, 0.6) is 0 Å². The monoisotopic (exact) mass is 418 g/mol. The van der Waals surface area contributed by atoms with E-state index in [2.05, 4.69) is 20.4 Å². The fourth-order valence-corrected chi connectivity index (χ4v) is 3.93. The van der Waals surface area contributed by atoms with E-state index in [1.165, 1.54) is 12.8 Å². The Morgan fingerprint density at radius 2 is 1.74 bits per heavy atom. The highest BCUT2D eigenvalue weighted by Gasteiger charge is 2.24. The molecule has 1 aromatic heterocycles. The van der Waals surface area contributed by atoms with Gasteiger partial charge in [0.25, 0.3) is 5.91 Å². The normalized spacial score (nSPS) is 15.4. The molecule has 31 heavy (non-hydrogen) atoms. The zero-order valence-electron chi connectivity index (χ0n) is 18.3. The molecule has 1 amide bonds. The van der Waals surface area contributed by atoms with Gasteiger partial charge in [-0.15, -0.1) is 5.10 Å². The van der Waals surface area contributed by atoms with Crippen molar-refractivity contribution in [1.82, 2.24) is 15.5 Å². The molecule has 1 atom stereocenters. The van der Waals surface area contributed by atoms with E-state index in [0.29, 0.717) is 23.9 Å². The summed E-state index contributed by atoms with van der Waals surface area (Å²) in [5.74, 6) is 0.304. The van der Waals surface area contributed by atoms with Gasteiger partial charge in [0, 0.05) is 25.1 Å². The molecule has 6 nitrogen and oxygen atoms in total. The number of carbonyl (C=O) groups is 1. The molecule has 1 aliphatic heterocycles. The second kappa shape index (κ2) is 9.77. The molecule has 1 saturated heterocycles. The van der Waals surface area contributed by atoms with Crippen LogP contribution in [0.1, 0.15) is 64.7 Å². The van der Waals surface area contributed by atoms with Gasteiger partial charge in [-0.05, 0) is 55.5 Å². The van der Waals surface area contributed by atoms with Gasteiger partial charge in [-0.3, -0.25) is 4.79 Å². The number of aryl methyl sites for hydroxylation is 2. The quantitative estimate of drug-likeness (QED) is 0.624. The van der Waals surface area contributed by atoms with Crippen molar-refractivity contribution in [2.75, 3.05) is 18.0 Å². The number of benzene rings is 2. The van der Waals surface area contributed by atoms with Crippen molar-refractivity contribution in [3.05, 3.63) is 76.7 Å². The van der Waals surface area contributed by atoms with Crippen molar-refractivity contribution in [2.24, 2.45) is 0 Å². The summed E-state index contributed by atoms with van der Waals surface area (Å²) in [6.07, 6.45) is 5.32. The number of carbonyl (C=O) groups excluding carboxylic acids is 1. The minimum absolute atomic E-state index is 0.140. The largest absolute Gasteiger partial charge is 0.406 e. The first-order valence-electron chi connectivity index (χ1n) is 11.1. The molecule has 0 bridgehead atoms. The predicted octanol–water partition coefficient (Wildman–Crippen LogP) is 4.78. The molecule has 0 spiro atoms. The molecule has 4 rings (SSSR count). The highest BCUT2D eigenvalue weighted by Crippen LogP contribution is 2.24. The first-order valence-corrected chi connectivity index (χ1v) is 11.1. The third-order valence-corrected chi connectivity index (χ3v) is 5.96. The number of nitrogens with zero attached hydrogens (tertiary/aromatic N) is 3. The second-order valence-corrected chi connectivity index (χ2v) is 8.34. The molecule has 2 aromatic carbocycles. The van der Waals surface area contributed by atoms with Crippen molar-refractivity contribution in [3.8, 4) is 0 Å². The number of aromatic nitrogens is 2. The summed E-state index contributed by atoms with van der Waals surface area (Å²) in [4.78, 5) is 15.2. The first kappa shape index (κ1) is 21.1. The molecular weight excluding hydrogens is 388 g/mol. The Morgan fingerprint density at radius 1 is 1.00 bits per heavy atom. The lowest BCUT2D eigenvalue weighted by atomic mass is 10.0. The minimum atomic E-state index is -0.398. The van der Waals surface area contributed by atoms with Gasteiger partial charge in [-0.2, -0.15) is 0 Å². The molecule has 162 valence electrons. The zero-order chi connectivity index (χ0) is 21.6. The van der Waals surface area contributed by atoms with E-state index in [4.69, 9.17) is 4.42 Å². The second-order valence-electron chi connectivity index (χ2n) is 8.34. The summed E-state index contributed by atoms with van der Waals surface area (Å²) in [6.45, 7) is 5.91. The van der Waals surface area contributed by atoms with Crippen LogP contribution in [0.2, 0.25) is 0 Å². The van der Waals surface area contributed by atoms with E-state index in [1.54, 1.807) is 0 Å². The van der Waals surface area contributed by atoms with Crippen molar-refractivity contribution in [2.45, 2.75) is 52.0 Å². The van der Waals surface area contributed by atoms with Gasteiger partial charge in [-0.25, -0.2) is 0 Å². The number of rotatable bonds is 6. The van der Waals surface area contributed by atoms with Crippen LogP contribution in [0.4, 0.5) is 6.01 Å². The van der Waals surface area contributed by atoms with E-state index in [0.717, 1.165) is 42.6 Å². The molecule has 0 aliphatic carbocycles. The Kier molecular flexibility index (Phi) is 6.65. The van der Waals surface area contributed by atoms with Gasteiger partial charge < -0.3 is 14.6 Å². The van der Waals surface area contributed by atoms with Gasteiger partial charge in [0.05, 0.1) is 0 Å². The third kappa shape index (κ3) is 5.32. The molecule has 2 heterocycles. The molecule has 1 aliphatic rings. The Bertz CT molecular complexity index is 1010. The van der Waals surface area contributed by atoms with Crippen LogP contribution in [0, 0.1) is 13.8 Å². The third-order valence-electron chi connectivity index (χ3n) is 5.96. The Morgan fingerprint density at radius 3 is 2.45 bits per heavy atom. The maximum atomic E-state index is 13.0. The van der Waals surface area contributed by atoms with Crippen molar-refractivity contribution >= 4 is 11.9 Å². The van der Waals surface area contributed by atoms with Gasteiger partial charge in [0.1, 0.15) is 6.04 Å². The Labute approximate surface area is 183 Å². The molecule has 1 N–H and O–H groups in total. The molecule has 6 heteroatoms. The molecule has 0 unspecified atom stereocenters. The summed E-state index contributed by atoms with van der Waals surface area (Å²) in [5, 5.41) is 11.8. The number of anilines is 1. The minimum Gasteiger partial charge on any atom is -0.406 e. The van der Waals surface area contributed by atoms with Gasteiger partial charge in [0.2, 0.25) is 5.89 Å². The highest BCUT2D eigenvalue weighted by molar-refractivity contribution is 5.94. The molecule has 0 radical (unpaired) electrons. The fourth-order valence-electron chi connectivity index (χ4n) is 3.93. The van der Waals surface area contributed by atoms with Gasteiger partial charge >= 0.3 is 6.01 Å². The Balaban J connectivity index is 1.57. The lowest BCUT2D eigenvalue weighted by Gasteiger charge is -2.18. The Hall–Kier alpha value is -3.15.